The number of carbonyl (C=O) groups is 2. The fourth-order valence-corrected chi connectivity index (χ4v) is 2.78. The molecule has 0 aromatic heterocycles. The van der Waals surface area contributed by atoms with Gasteiger partial charge in [-0.1, -0.05) is 33.1 Å². The lowest BCUT2D eigenvalue weighted by atomic mass is 9.78. The van der Waals surface area contributed by atoms with E-state index >= 15 is 0 Å². The van der Waals surface area contributed by atoms with Gasteiger partial charge in [-0.05, 0) is 31.2 Å². The van der Waals surface area contributed by atoms with Gasteiger partial charge in [-0.25, -0.2) is 4.79 Å². The Kier molecular flexibility index (Phi) is 6.28. The lowest BCUT2D eigenvalue weighted by Crippen LogP contribution is -2.49. The van der Waals surface area contributed by atoms with E-state index in [2.05, 4.69) is 5.32 Å². The molecule has 110 valence electrons. The highest BCUT2D eigenvalue weighted by molar-refractivity contribution is 5.85. The summed E-state index contributed by atoms with van der Waals surface area (Å²) in [5, 5.41) is 11.9. The topological polar surface area (TPSA) is 92.4 Å². The van der Waals surface area contributed by atoms with Crippen molar-refractivity contribution in [1.29, 1.82) is 0 Å². The van der Waals surface area contributed by atoms with Crippen LogP contribution in [0.25, 0.3) is 0 Å². The van der Waals surface area contributed by atoms with Crippen LogP contribution in [0.5, 0.6) is 0 Å². The summed E-state index contributed by atoms with van der Waals surface area (Å²) in [5.74, 6) is -1.09. The number of amides is 1. The minimum atomic E-state index is -0.956. The molecule has 4 N–H and O–H groups in total. The van der Waals surface area contributed by atoms with E-state index in [0.29, 0.717) is 6.54 Å². The molecule has 0 aromatic rings. The maximum Gasteiger partial charge on any atom is 0.326 e. The van der Waals surface area contributed by atoms with Gasteiger partial charge in [-0.15, -0.1) is 0 Å². The molecule has 4 atom stereocenters. The molecule has 0 bridgehead atoms. The molecular weight excluding hydrogens is 244 g/mol. The van der Waals surface area contributed by atoms with Gasteiger partial charge in [0.2, 0.25) is 5.91 Å². The van der Waals surface area contributed by atoms with Crippen LogP contribution in [0.4, 0.5) is 0 Å². The Hall–Kier alpha value is -1.10. The predicted molar refractivity (Wildman–Crippen MR) is 73.5 cm³/mol. The normalized spacial score (nSPS) is 26.5. The molecule has 19 heavy (non-hydrogen) atoms. The van der Waals surface area contributed by atoms with Gasteiger partial charge in [0.05, 0.1) is 0 Å². The number of hydrogen-bond donors (Lipinski definition) is 3. The number of nitrogens with one attached hydrogen (secondary N) is 1. The molecule has 1 aliphatic rings. The second-order valence-corrected chi connectivity index (χ2v) is 5.60. The summed E-state index contributed by atoms with van der Waals surface area (Å²) < 4.78 is 0. The van der Waals surface area contributed by atoms with E-state index in [-0.39, 0.29) is 23.7 Å². The molecule has 0 aromatic carbocycles. The van der Waals surface area contributed by atoms with Crippen molar-refractivity contribution in [3.8, 4) is 0 Å². The van der Waals surface area contributed by atoms with Crippen LogP contribution in [-0.2, 0) is 9.59 Å². The lowest BCUT2D eigenvalue weighted by molar-refractivity contribution is -0.144. The summed E-state index contributed by atoms with van der Waals surface area (Å²) in [6.07, 6.45) is 4.65. The number of carbonyl (C=O) groups excluding carboxylic acids is 1. The van der Waals surface area contributed by atoms with Crippen molar-refractivity contribution >= 4 is 11.9 Å². The van der Waals surface area contributed by atoms with Gasteiger partial charge in [0.15, 0.2) is 0 Å². The first-order valence-electron chi connectivity index (χ1n) is 7.24. The fraction of sp³-hybridized carbons (Fsp3) is 0.857. The molecule has 1 rings (SSSR count). The zero-order chi connectivity index (χ0) is 14.4. The number of carboxylic acid groups (broad SMARTS) is 1. The zero-order valence-electron chi connectivity index (χ0n) is 11.9. The van der Waals surface area contributed by atoms with Gasteiger partial charge < -0.3 is 16.2 Å². The van der Waals surface area contributed by atoms with Gasteiger partial charge in [0.25, 0.3) is 0 Å². The van der Waals surface area contributed by atoms with Gasteiger partial charge in [-0.3, -0.25) is 4.79 Å². The summed E-state index contributed by atoms with van der Waals surface area (Å²) in [6.45, 7) is 4.27. The number of nitrogens with two attached hydrogens (primary N) is 1. The average Bonchev–Trinajstić information content (AvgIpc) is 2.43. The van der Waals surface area contributed by atoms with Crippen molar-refractivity contribution in [2.75, 3.05) is 6.54 Å². The van der Waals surface area contributed by atoms with E-state index < -0.39 is 12.0 Å². The van der Waals surface area contributed by atoms with Gasteiger partial charge in [0.1, 0.15) is 6.04 Å². The highest BCUT2D eigenvalue weighted by atomic mass is 16.4. The van der Waals surface area contributed by atoms with Crippen LogP contribution in [-0.4, -0.2) is 29.6 Å². The molecule has 5 nitrogen and oxygen atoms in total. The van der Waals surface area contributed by atoms with E-state index in [9.17, 15) is 14.7 Å². The Morgan fingerprint density at radius 2 is 2.00 bits per heavy atom. The second kappa shape index (κ2) is 7.48. The second-order valence-electron chi connectivity index (χ2n) is 5.60. The van der Waals surface area contributed by atoms with Crippen LogP contribution in [0.3, 0.4) is 0 Å². The van der Waals surface area contributed by atoms with Crippen LogP contribution in [0.2, 0.25) is 0 Å². The molecular formula is C14H26N2O3. The smallest absolute Gasteiger partial charge is 0.326 e. The van der Waals surface area contributed by atoms with Crippen molar-refractivity contribution in [1.82, 2.24) is 5.32 Å². The minimum Gasteiger partial charge on any atom is -0.480 e. The van der Waals surface area contributed by atoms with Crippen LogP contribution >= 0.6 is 0 Å². The quantitative estimate of drug-likeness (QED) is 0.679. The van der Waals surface area contributed by atoms with Crippen LogP contribution in [0, 0.1) is 17.8 Å². The average molecular weight is 270 g/mol. The molecule has 0 radical (unpaired) electrons. The largest absolute Gasteiger partial charge is 0.480 e. The standard InChI is InChI=1S/C14H26N2O3/c1-3-9(2)12(14(18)19)16-13(17)11-7-5-4-6-10(11)8-15/h9-12H,3-8,15H2,1-2H3,(H,16,17)(H,18,19)/t9-,10?,11?,12-/m0/s1. The number of rotatable bonds is 6. The molecule has 0 spiro atoms. The van der Waals surface area contributed by atoms with E-state index in [4.69, 9.17) is 5.73 Å². The zero-order valence-corrected chi connectivity index (χ0v) is 11.9. The summed E-state index contributed by atoms with van der Waals surface area (Å²) in [7, 11) is 0. The Morgan fingerprint density at radius 3 is 2.53 bits per heavy atom. The van der Waals surface area contributed by atoms with E-state index in [1.165, 1.54) is 0 Å². The molecule has 0 saturated heterocycles. The summed E-state index contributed by atoms with van der Waals surface area (Å²) in [4.78, 5) is 23.5. The highest BCUT2D eigenvalue weighted by Gasteiger charge is 2.33. The van der Waals surface area contributed by atoms with Crippen molar-refractivity contribution < 1.29 is 14.7 Å². The van der Waals surface area contributed by atoms with Crippen molar-refractivity contribution in [2.24, 2.45) is 23.5 Å². The van der Waals surface area contributed by atoms with E-state index in [1.54, 1.807) is 0 Å². The monoisotopic (exact) mass is 270 g/mol. The number of hydrogen-bond acceptors (Lipinski definition) is 3. The third-order valence-electron chi connectivity index (χ3n) is 4.33. The van der Waals surface area contributed by atoms with Crippen molar-refractivity contribution in [2.45, 2.75) is 52.0 Å². The van der Waals surface area contributed by atoms with Crippen LogP contribution in [0.15, 0.2) is 0 Å². The Balaban J connectivity index is 2.67. The summed E-state index contributed by atoms with van der Waals surface area (Å²) in [6, 6.07) is -0.794. The SMILES string of the molecule is CC[C@H](C)[C@H](NC(=O)C1CCCCC1CN)C(=O)O. The number of carboxylic acids is 1. The van der Waals surface area contributed by atoms with Crippen molar-refractivity contribution in [3.63, 3.8) is 0 Å². The Bertz CT molecular complexity index is 320. The Labute approximate surface area is 114 Å². The molecule has 0 aliphatic heterocycles. The van der Waals surface area contributed by atoms with E-state index in [0.717, 1.165) is 32.1 Å². The maximum atomic E-state index is 12.3. The number of aliphatic carboxylic acids is 1. The van der Waals surface area contributed by atoms with Crippen molar-refractivity contribution in [3.05, 3.63) is 0 Å². The van der Waals surface area contributed by atoms with Gasteiger partial charge in [-0.2, -0.15) is 0 Å². The molecule has 2 unspecified atom stereocenters. The third-order valence-corrected chi connectivity index (χ3v) is 4.33. The predicted octanol–water partition coefficient (Wildman–Crippen LogP) is 1.37. The molecule has 0 heterocycles. The molecule has 1 aliphatic carbocycles. The summed E-state index contributed by atoms with van der Waals surface area (Å²) >= 11 is 0. The first-order chi connectivity index (χ1) is 9.01. The first-order valence-corrected chi connectivity index (χ1v) is 7.24. The highest BCUT2D eigenvalue weighted by Crippen LogP contribution is 2.29. The van der Waals surface area contributed by atoms with Crippen LogP contribution < -0.4 is 11.1 Å². The molecule has 5 heteroatoms. The van der Waals surface area contributed by atoms with Gasteiger partial charge in [0, 0.05) is 5.92 Å². The maximum absolute atomic E-state index is 12.3. The molecule has 1 amide bonds. The summed E-state index contributed by atoms with van der Waals surface area (Å²) in [5.41, 5.74) is 5.71. The van der Waals surface area contributed by atoms with Gasteiger partial charge >= 0.3 is 5.97 Å². The lowest BCUT2D eigenvalue weighted by Gasteiger charge is -2.31. The molecule has 1 saturated carbocycles. The minimum absolute atomic E-state index is 0.0682. The third kappa shape index (κ3) is 4.20. The molecule has 1 fully saturated rings. The first kappa shape index (κ1) is 16.0. The fourth-order valence-electron chi connectivity index (χ4n) is 2.78. The van der Waals surface area contributed by atoms with Crippen LogP contribution in [0.1, 0.15) is 46.0 Å². The van der Waals surface area contributed by atoms with E-state index in [1.807, 2.05) is 13.8 Å². The Morgan fingerprint density at radius 1 is 1.37 bits per heavy atom.